The summed E-state index contributed by atoms with van der Waals surface area (Å²) in [6.07, 6.45) is 4.63. The van der Waals surface area contributed by atoms with Crippen LogP contribution in [0.15, 0.2) is 101 Å². The highest BCUT2D eigenvalue weighted by Gasteiger charge is 2.44. The molecule has 43 heavy (non-hydrogen) atoms. The van der Waals surface area contributed by atoms with E-state index in [0.717, 1.165) is 27.5 Å². The van der Waals surface area contributed by atoms with Gasteiger partial charge in [0.05, 0.1) is 20.0 Å². The lowest BCUT2D eigenvalue weighted by Crippen LogP contribution is -2.39. The largest absolute Gasteiger partial charge is 0.497 e. The molecule has 5 rings (SSSR count). The molecule has 1 aromatic heterocycles. The molecule has 0 amide bonds. The van der Waals surface area contributed by atoms with Crippen molar-refractivity contribution in [2.75, 3.05) is 20.0 Å². The lowest BCUT2D eigenvalue weighted by atomic mass is 9.80. The smallest absolute Gasteiger partial charge is 0.330 e. The first-order chi connectivity index (χ1) is 20.6. The molecule has 1 aliphatic rings. The zero-order valence-electron chi connectivity index (χ0n) is 23.5. The number of ether oxygens (including phenoxy) is 3. The minimum absolute atomic E-state index is 0.0245. The number of H-pyrrole nitrogens is 1. The fraction of sp³-hybridized carbons (Fsp3) is 0.250. The standard InChI is InChI=1S/C32H30N2O8S/c1-4-22-20-34(31(36)33-30(22)35)29-19-27(42-43(3,37)38)28(41-29)21-40-32(23-11-7-5-8-12-23,24-13-9-6-10-14-24)25-15-17-26(39-2)18-16-25/h1,5-18,20,27-29H,19,21H2,2-3H3,(H,33,35,36)/t27-,28+,29+/m0/s1. The van der Waals surface area contributed by atoms with Crippen LogP contribution in [0.2, 0.25) is 0 Å². The van der Waals surface area contributed by atoms with Gasteiger partial charge >= 0.3 is 5.69 Å². The molecule has 0 bridgehead atoms. The van der Waals surface area contributed by atoms with Crippen LogP contribution < -0.4 is 16.0 Å². The Kier molecular flexibility index (Phi) is 8.66. The van der Waals surface area contributed by atoms with Gasteiger partial charge in [-0.25, -0.2) is 4.79 Å². The van der Waals surface area contributed by atoms with Crippen LogP contribution >= 0.6 is 0 Å². The van der Waals surface area contributed by atoms with E-state index in [1.165, 1.54) is 6.20 Å². The number of methoxy groups -OCH3 is 1. The lowest BCUT2D eigenvalue weighted by Gasteiger charge is -2.37. The van der Waals surface area contributed by atoms with Crippen molar-refractivity contribution in [1.29, 1.82) is 0 Å². The molecule has 222 valence electrons. The molecule has 1 aliphatic heterocycles. The zero-order chi connectivity index (χ0) is 30.6. The average Bonchev–Trinajstić information content (AvgIpc) is 3.39. The van der Waals surface area contributed by atoms with Gasteiger partial charge in [-0.2, -0.15) is 8.42 Å². The Hall–Kier alpha value is -4.47. The highest BCUT2D eigenvalue weighted by Crippen LogP contribution is 2.42. The van der Waals surface area contributed by atoms with Crippen LogP contribution in [-0.4, -0.2) is 50.1 Å². The van der Waals surface area contributed by atoms with Crippen LogP contribution in [0.1, 0.15) is 34.9 Å². The van der Waals surface area contributed by atoms with Crippen molar-refractivity contribution in [2.24, 2.45) is 0 Å². The molecule has 0 aliphatic carbocycles. The fourth-order valence-electron chi connectivity index (χ4n) is 5.28. The van der Waals surface area contributed by atoms with Crippen LogP contribution in [0.4, 0.5) is 0 Å². The summed E-state index contributed by atoms with van der Waals surface area (Å²) in [5.41, 5.74) is -0.270. The zero-order valence-corrected chi connectivity index (χ0v) is 24.3. The number of aromatic amines is 1. The van der Waals surface area contributed by atoms with Gasteiger partial charge in [0.25, 0.3) is 15.7 Å². The first kappa shape index (κ1) is 30.0. The van der Waals surface area contributed by atoms with E-state index in [-0.39, 0.29) is 18.6 Å². The van der Waals surface area contributed by atoms with Crippen LogP contribution in [0.5, 0.6) is 5.75 Å². The molecule has 4 aromatic rings. The van der Waals surface area contributed by atoms with E-state index in [1.54, 1.807) is 7.11 Å². The fourth-order valence-corrected chi connectivity index (χ4v) is 5.93. The second-order valence-corrected chi connectivity index (χ2v) is 11.6. The van der Waals surface area contributed by atoms with Gasteiger partial charge in [-0.1, -0.05) is 78.7 Å². The second-order valence-electron chi connectivity index (χ2n) is 10.0. The number of nitrogens with zero attached hydrogens (tertiary/aromatic N) is 1. The molecule has 0 spiro atoms. The van der Waals surface area contributed by atoms with Gasteiger partial charge in [0.15, 0.2) is 0 Å². The Morgan fingerprint density at radius 2 is 1.56 bits per heavy atom. The molecule has 1 saturated heterocycles. The van der Waals surface area contributed by atoms with Gasteiger partial charge in [-0.15, -0.1) is 6.42 Å². The highest BCUT2D eigenvalue weighted by molar-refractivity contribution is 7.86. The second kappa shape index (κ2) is 12.4. The third-order valence-corrected chi connectivity index (χ3v) is 7.83. The van der Waals surface area contributed by atoms with E-state index in [9.17, 15) is 18.0 Å². The van der Waals surface area contributed by atoms with Crippen molar-refractivity contribution in [2.45, 2.75) is 30.5 Å². The third-order valence-electron chi connectivity index (χ3n) is 7.23. The van der Waals surface area contributed by atoms with Gasteiger partial charge in [-0.3, -0.25) is 18.5 Å². The minimum Gasteiger partial charge on any atom is -0.497 e. The van der Waals surface area contributed by atoms with Gasteiger partial charge in [-0.05, 0) is 28.8 Å². The molecule has 2 heterocycles. The van der Waals surface area contributed by atoms with E-state index >= 15 is 0 Å². The number of nitrogens with one attached hydrogen (secondary N) is 1. The van der Waals surface area contributed by atoms with Crippen molar-refractivity contribution in [3.05, 3.63) is 134 Å². The monoisotopic (exact) mass is 602 g/mol. The number of hydrogen-bond donors (Lipinski definition) is 1. The first-order valence-electron chi connectivity index (χ1n) is 13.4. The Bertz CT molecular complexity index is 1790. The Labute approximate surface area is 249 Å². The Balaban J connectivity index is 1.58. The quantitative estimate of drug-likeness (QED) is 0.167. The van der Waals surface area contributed by atoms with Gasteiger partial charge in [0.2, 0.25) is 0 Å². The predicted molar refractivity (Wildman–Crippen MR) is 159 cm³/mol. The maximum Gasteiger partial charge on any atom is 0.330 e. The minimum atomic E-state index is -3.92. The molecule has 10 nitrogen and oxygen atoms in total. The van der Waals surface area contributed by atoms with E-state index in [2.05, 4.69) is 10.9 Å². The summed E-state index contributed by atoms with van der Waals surface area (Å²) >= 11 is 0. The molecule has 0 saturated carbocycles. The van der Waals surface area contributed by atoms with Gasteiger partial charge in [0, 0.05) is 12.6 Å². The molecule has 3 aromatic carbocycles. The van der Waals surface area contributed by atoms with Crippen molar-refractivity contribution in [1.82, 2.24) is 9.55 Å². The summed E-state index contributed by atoms with van der Waals surface area (Å²) in [6.45, 7) is -0.132. The maximum absolute atomic E-state index is 12.7. The molecular formula is C32H30N2O8S. The molecule has 0 unspecified atom stereocenters. The number of terminal acetylenes is 1. The number of hydrogen-bond acceptors (Lipinski definition) is 8. The maximum atomic E-state index is 12.7. The Morgan fingerprint density at radius 3 is 2.09 bits per heavy atom. The van der Waals surface area contributed by atoms with Gasteiger partial charge in [0.1, 0.15) is 35.3 Å². The summed E-state index contributed by atoms with van der Waals surface area (Å²) < 4.78 is 49.5. The molecule has 1 fully saturated rings. The predicted octanol–water partition coefficient (Wildman–Crippen LogP) is 3.17. The van der Waals surface area contributed by atoms with E-state index in [1.807, 2.05) is 84.9 Å². The lowest BCUT2D eigenvalue weighted by molar-refractivity contribution is -0.0910. The van der Waals surface area contributed by atoms with Gasteiger partial charge < -0.3 is 14.2 Å². The van der Waals surface area contributed by atoms with Crippen LogP contribution in [0.3, 0.4) is 0 Å². The summed E-state index contributed by atoms with van der Waals surface area (Å²) in [4.78, 5) is 26.9. The summed E-state index contributed by atoms with van der Waals surface area (Å²) in [6, 6.07) is 26.7. The van der Waals surface area contributed by atoms with Crippen LogP contribution in [0.25, 0.3) is 0 Å². The topological polar surface area (TPSA) is 126 Å². The third kappa shape index (κ3) is 6.33. The van der Waals surface area contributed by atoms with Crippen LogP contribution in [-0.2, 0) is 29.4 Å². The Morgan fingerprint density at radius 1 is 0.977 bits per heavy atom. The number of benzene rings is 3. The van der Waals surface area contributed by atoms with E-state index in [4.69, 9.17) is 24.8 Å². The van der Waals surface area contributed by atoms with Crippen molar-refractivity contribution < 1.29 is 26.8 Å². The van der Waals surface area contributed by atoms with Crippen LogP contribution in [0, 0.1) is 12.3 Å². The average molecular weight is 603 g/mol. The van der Waals surface area contributed by atoms with Crippen molar-refractivity contribution >= 4 is 10.1 Å². The molecule has 11 heteroatoms. The van der Waals surface area contributed by atoms with E-state index in [0.29, 0.717) is 5.75 Å². The number of aromatic nitrogens is 2. The SMILES string of the molecule is C#Cc1cn([C@H]2C[C@H](OS(C)(=O)=O)[C@@H](COC(c3ccccc3)(c3ccccc3)c3ccc(OC)cc3)O2)c(=O)[nH]c1=O. The summed E-state index contributed by atoms with van der Waals surface area (Å²) in [7, 11) is -2.33. The summed E-state index contributed by atoms with van der Waals surface area (Å²) in [5, 5.41) is 0. The molecular weight excluding hydrogens is 572 g/mol. The molecule has 3 atom stereocenters. The van der Waals surface area contributed by atoms with E-state index < -0.39 is 45.4 Å². The molecule has 0 radical (unpaired) electrons. The highest BCUT2D eigenvalue weighted by atomic mass is 32.2. The van der Waals surface area contributed by atoms with Crippen molar-refractivity contribution in [3.8, 4) is 18.1 Å². The number of rotatable bonds is 10. The molecule has 1 N–H and O–H groups in total. The summed E-state index contributed by atoms with van der Waals surface area (Å²) in [5.74, 6) is 2.90. The normalized spacial score (nSPS) is 18.7. The van der Waals surface area contributed by atoms with Crippen molar-refractivity contribution in [3.63, 3.8) is 0 Å². The first-order valence-corrected chi connectivity index (χ1v) is 15.2.